The lowest BCUT2D eigenvalue weighted by molar-refractivity contribution is 0.0952. The molecule has 148 valence electrons. The van der Waals surface area contributed by atoms with Crippen molar-refractivity contribution in [2.45, 2.75) is 45.4 Å². The van der Waals surface area contributed by atoms with Crippen LogP contribution in [0.25, 0.3) is 10.2 Å². The smallest absolute Gasteiger partial charge is 0.251 e. The number of benzene rings is 1. The number of rotatable bonds is 11. The van der Waals surface area contributed by atoms with E-state index in [0.717, 1.165) is 53.0 Å². The molecule has 0 spiro atoms. The van der Waals surface area contributed by atoms with E-state index < -0.39 is 0 Å². The molecule has 0 saturated heterocycles. The average Bonchev–Trinajstić information content (AvgIpc) is 3.14. The standard InChI is InChI=1S/C22H28N4OS/c1-2-3-4-5-10-17-11-6-7-12-18(17)22(27)25-16-9-15-24-21-20-19(28-26-21)13-8-14-23-20/h6-8,11-14H,2-5,9-10,15-16H2,1H3,(H,24,26)(H,25,27). The molecule has 0 atom stereocenters. The minimum atomic E-state index is 0.0202. The number of hydrogen-bond donors (Lipinski definition) is 2. The summed E-state index contributed by atoms with van der Waals surface area (Å²) in [6.45, 7) is 3.59. The van der Waals surface area contributed by atoms with Crippen LogP contribution in [0.2, 0.25) is 0 Å². The third-order valence-corrected chi connectivity index (χ3v) is 5.52. The van der Waals surface area contributed by atoms with Gasteiger partial charge in [-0.05, 0) is 54.6 Å². The largest absolute Gasteiger partial charge is 0.367 e. The summed E-state index contributed by atoms with van der Waals surface area (Å²) in [5, 5.41) is 6.36. The Bertz CT molecular complexity index is 893. The number of aryl methyl sites for hydroxylation is 1. The first-order valence-electron chi connectivity index (χ1n) is 10.1. The number of aromatic nitrogens is 2. The van der Waals surface area contributed by atoms with Crippen molar-refractivity contribution in [3.63, 3.8) is 0 Å². The second-order valence-electron chi connectivity index (χ2n) is 6.89. The quantitative estimate of drug-likeness (QED) is 0.445. The average molecular weight is 397 g/mol. The van der Waals surface area contributed by atoms with Gasteiger partial charge in [0.2, 0.25) is 0 Å². The summed E-state index contributed by atoms with van der Waals surface area (Å²) in [5.41, 5.74) is 2.87. The molecule has 0 aliphatic carbocycles. The van der Waals surface area contributed by atoms with E-state index in [1.54, 1.807) is 6.20 Å². The molecular formula is C22H28N4OS. The fourth-order valence-corrected chi connectivity index (χ4v) is 3.91. The molecule has 0 bridgehead atoms. The van der Waals surface area contributed by atoms with Crippen molar-refractivity contribution in [2.75, 3.05) is 18.4 Å². The van der Waals surface area contributed by atoms with Gasteiger partial charge in [-0.1, -0.05) is 44.4 Å². The maximum Gasteiger partial charge on any atom is 0.251 e. The van der Waals surface area contributed by atoms with Gasteiger partial charge in [-0.15, -0.1) is 0 Å². The van der Waals surface area contributed by atoms with Gasteiger partial charge in [0.15, 0.2) is 5.82 Å². The Hall–Kier alpha value is -2.47. The van der Waals surface area contributed by atoms with Crippen molar-refractivity contribution < 1.29 is 4.79 Å². The summed E-state index contributed by atoms with van der Waals surface area (Å²) in [5.74, 6) is 0.844. The molecule has 5 nitrogen and oxygen atoms in total. The van der Waals surface area contributed by atoms with Crippen LogP contribution in [0.5, 0.6) is 0 Å². The first-order chi connectivity index (χ1) is 13.8. The van der Waals surface area contributed by atoms with E-state index in [-0.39, 0.29) is 5.91 Å². The fourth-order valence-electron chi connectivity index (χ4n) is 3.19. The van der Waals surface area contributed by atoms with E-state index in [0.29, 0.717) is 6.54 Å². The Labute approximate surface area is 170 Å². The molecule has 0 radical (unpaired) electrons. The third-order valence-electron chi connectivity index (χ3n) is 4.72. The fraction of sp³-hybridized carbons (Fsp3) is 0.409. The second kappa shape index (κ2) is 10.8. The summed E-state index contributed by atoms with van der Waals surface area (Å²) in [6.07, 6.45) is 8.41. The number of hydrogen-bond acceptors (Lipinski definition) is 5. The van der Waals surface area contributed by atoms with Crippen LogP contribution < -0.4 is 10.6 Å². The minimum Gasteiger partial charge on any atom is -0.367 e. The molecule has 0 aliphatic heterocycles. The molecule has 0 aliphatic rings. The number of nitrogens with one attached hydrogen (secondary N) is 2. The molecular weight excluding hydrogens is 368 g/mol. The molecule has 3 aromatic rings. The highest BCUT2D eigenvalue weighted by molar-refractivity contribution is 7.13. The lowest BCUT2D eigenvalue weighted by atomic mass is 10.0. The Morgan fingerprint density at radius 1 is 1.04 bits per heavy atom. The van der Waals surface area contributed by atoms with Crippen LogP contribution in [0.4, 0.5) is 5.82 Å². The molecule has 1 aromatic carbocycles. The Kier molecular flexibility index (Phi) is 7.79. The van der Waals surface area contributed by atoms with Crippen molar-refractivity contribution >= 4 is 33.5 Å². The van der Waals surface area contributed by atoms with Gasteiger partial charge in [0.25, 0.3) is 5.91 Å². The number of amides is 1. The van der Waals surface area contributed by atoms with Crippen molar-refractivity contribution in [1.29, 1.82) is 0 Å². The predicted octanol–water partition coefficient (Wildman–Crippen LogP) is 5.05. The van der Waals surface area contributed by atoms with Crippen LogP contribution in [0, 0.1) is 0 Å². The van der Waals surface area contributed by atoms with Crippen LogP contribution in [0.1, 0.15) is 54.9 Å². The topological polar surface area (TPSA) is 66.9 Å². The molecule has 0 saturated carbocycles. The van der Waals surface area contributed by atoms with Crippen LogP contribution in [-0.2, 0) is 6.42 Å². The van der Waals surface area contributed by atoms with Gasteiger partial charge in [-0.3, -0.25) is 9.78 Å². The molecule has 6 heteroatoms. The first-order valence-corrected chi connectivity index (χ1v) is 10.9. The maximum absolute atomic E-state index is 12.6. The minimum absolute atomic E-state index is 0.0202. The van der Waals surface area contributed by atoms with E-state index in [9.17, 15) is 4.79 Å². The van der Waals surface area contributed by atoms with Crippen LogP contribution in [0.3, 0.4) is 0 Å². The summed E-state index contributed by atoms with van der Waals surface area (Å²) >= 11 is 1.45. The van der Waals surface area contributed by atoms with Crippen LogP contribution in [-0.4, -0.2) is 28.4 Å². The van der Waals surface area contributed by atoms with E-state index in [1.165, 1.54) is 30.8 Å². The Morgan fingerprint density at radius 2 is 1.93 bits per heavy atom. The molecule has 2 aromatic heterocycles. The zero-order valence-electron chi connectivity index (χ0n) is 16.4. The number of carbonyl (C=O) groups is 1. The normalized spacial score (nSPS) is 10.9. The lowest BCUT2D eigenvalue weighted by Gasteiger charge is -2.10. The van der Waals surface area contributed by atoms with Gasteiger partial charge in [-0.25, -0.2) is 0 Å². The third kappa shape index (κ3) is 5.52. The predicted molar refractivity (Wildman–Crippen MR) is 117 cm³/mol. The summed E-state index contributed by atoms with van der Waals surface area (Å²) in [7, 11) is 0. The van der Waals surface area contributed by atoms with Crippen molar-refractivity contribution in [3.8, 4) is 0 Å². The number of unbranched alkanes of at least 4 members (excludes halogenated alkanes) is 3. The molecule has 2 heterocycles. The highest BCUT2D eigenvalue weighted by atomic mass is 32.1. The monoisotopic (exact) mass is 396 g/mol. The number of fused-ring (bicyclic) bond motifs is 1. The Balaban J connectivity index is 1.43. The molecule has 0 unspecified atom stereocenters. The number of anilines is 1. The van der Waals surface area contributed by atoms with Crippen LogP contribution in [0.15, 0.2) is 42.6 Å². The van der Waals surface area contributed by atoms with E-state index in [1.807, 2.05) is 30.3 Å². The van der Waals surface area contributed by atoms with Crippen molar-refractivity contribution in [2.24, 2.45) is 0 Å². The first kappa shape index (κ1) is 20.3. The molecule has 3 rings (SSSR count). The zero-order valence-corrected chi connectivity index (χ0v) is 17.2. The van der Waals surface area contributed by atoms with E-state index >= 15 is 0 Å². The molecule has 1 amide bonds. The van der Waals surface area contributed by atoms with Crippen molar-refractivity contribution in [3.05, 3.63) is 53.7 Å². The maximum atomic E-state index is 12.6. The second-order valence-corrected chi connectivity index (χ2v) is 7.69. The number of pyridine rings is 1. The molecule has 2 N–H and O–H groups in total. The van der Waals surface area contributed by atoms with Gasteiger partial charge < -0.3 is 10.6 Å². The summed E-state index contributed by atoms with van der Waals surface area (Å²) in [4.78, 5) is 16.9. The highest BCUT2D eigenvalue weighted by Crippen LogP contribution is 2.23. The zero-order chi connectivity index (χ0) is 19.6. The van der Waals surface area contributed by atoms with Gasteiger partial charge >= 0.3 is 0 Å². The van der Waals surface area contributed by atoms with Crippen LogP contribution >= 0.6 is 11.5 Å². The highest BCUT2D eigenvalue weighted by Gasteiger charge is 2.10. The van der Waals surface area contributed by atoms with E-state index in [2.05, 4.69) is 33.0 Å². The lowest BCUT2D eigenvalue weighted by Crippen LogP contribution is -2.26. The Morgan fingerprint density at radius 3 is 2.82 bits per heavy atom. The van der Waals surface area contributed by atoms with E-state index in [4.69, 9.17) is 0 Å². The van der Waals surface area contributed by atoms with Gasteiger partial charge in [0.1, 0.15) is 5.52 Å². The number of carbonyl (C=O) groups excluding carboxylic acids is 1. The van der Waals surface area contributed by atoms with Crippen molar-refractivity contribution in [1.82, 2.24) is 14.7 Å². The summed E-state index contributed by atoms with van der Waals surface area (Å²) in [6, 6.07) is 11.9. The van der Waals surface area contributed by atoms with Gasteiger partial charge in [0.05, 0.1) is 4.70 Å². The summed E-state index contributed by atoms with van der Waals surface area (Å²) < 4.78 is 5.49. The number of nitrogens with zero attached hydrogens (tertiary/aromatic N) is 2. The molecule has 28 heavy (non-hydrogen) atoms. The molecule has 0 fully saturated rings. The SMILES string of the molecule is CCCCCCc1ccccc1C(=O)NCCCNc1nsc2cccnc12. The van der Waals surface area contributed by atoms with Gasteiger partial charge in [-0.2, -0.15) is 4.37 Å². The van der Waals surface area contributed by atoms with Gasteiger partial charge in [0, 0.05) is 24.8 Å².